The third kappa shape index (κ3) is 6.39. The Morgan fingerprint density at radius 1 is 1.00 bits per heavy atom. The molecule has 0 aromatic heterocycles. The van der Waals surface area contributed by atoms with Crippen molar-refractivity contribution in [2.75, 3.05) is 0 Å². The van der Waals surface area contributed by atoms with Crippen LogP contribution in [0.1, 0.15) is 44.7 Å². The molecule has 98 valence electrons. The zero-order valence-electron chi connectivity index (χ0n) is 11.7. The molecule has 1 aromatic rings. The number of rotatable bonds is 6. The van der Waals surface area contributed by atoms with Gasteiger partial charge in [0, 0.05) is 4.43 Å². The van der Waals surface area contributed by atoms with E-state index in [2.05, 4.69) is 79.8 Å². The monoisotopic (exact) mass is 354 g/mol. The quantitative estimate of drug-likeness (QED) is 0.341. The van der Waals surface area contributed by atoms with Gasteiger partial charge in [-0.15, -0.1) is 0 Å². The molecule has 0 aliphatic carbocycles. The molecule has 0 unspecified atom stereocenters. The Bertz CT molecular complexity index is 406. The van der Waals surface area contributed by atoms with E-state index < -0.39 is 0 Å². The molecule has 0 atom stereocenters. The first kappa shape index (κ1) is 15.5. The van der Waals surface area contributed by atoms with Gasteiger partial charge in [0.05, 0.1) is 0 Å². The maximum atomic E-state index is 2.40. The molecule has 0 bridgehead atoms. The number of hydrogen-bond donors (Lipinski definition) is 0. The lowest BCUT2D eigenvalue weighted by molar-refractivity contribution is 0.955. The number of allylic oxidation sites excluding steroid dienone is 4. The van der Waals surface area contributed by atoms with Crippen LogP contribution in [0.4, 0.5) is 0 Å². The Hall–Kier alpha value is -0.570. The molecular formula is C17H23I. The normalized spacial score (nSPS) is 11.4. The fraction of sp³-hybridized carbons (Fsp3) is 0.412. The van der Waals surface area contributed by atoms with E-state index in [1.54, 1.807) is 0 Å². The molecule has 0 fully saturated rings. The lowest BCUT2D eigenvalue weighted by Gasteiger charge is -2.02. The van der Waals surface area contributed by atoms with Crippen LogP contribution in [0.2, 0.25) is 0 Å². The van der Waals surface area contributed by atoms with Crippen LogP contribution in [0.25, 0.3) is 0 Å². The van der Waals surface area contributed by atoms with Crippen molar-refractivity contribution in [3.63, 3.8) is 0 Å². The van der Waals surface area contributed by atoms with Gasteiger partial charge in [0.2, 0.25) is 0 Å². The minimum absolute atomic E-state index is 1.06. The Morgan fingerprint density at radius 2 is 1.61 bits per heavy atom. The molecular weight excluding hydrogens is 331 g/mol. The first-order chi connectivity index (χ1) is 8.61. The molecule has 0 aliphatic heterocycles. The number of benzene rings is 1. The molecule has 0 nitrogen and oxygen atoms in total. The van der Waals surface area contributed by atoms with Crippen molar-refractivity contribution in [3.8, 4) is 0 Å². The summed E-state index contributed by atoms with van der Waals surface area (Å²) >= 11 is 2.40. The van der Waals surface area contributed by atoms with Crippen molar-refractivity contribution < 1.29 is 0 Å². The molecule has 0 aliphatic rings. The fourth-order valence-corrected chi connectivity index (χ4v) is 2.26. The van der Waals surface area contributed by atoms with Crippen LogP contribution in [-0.2, 0) is 10.8 Å². The summed E-state index contributed by atoms with van der Waals surface area (Å²) in [5.41, 5.74) is 5.72. The summed E-state index contributed by atoms with van der Waals surface area (Å²) in [6.07, 6.45) is 8.07. The van der Waals surface area contributed by atoms with Crippen molar-refractivity contribution >= 4 is 22.6 Å². The zero-order valence-corrected chi connectivity index (χ0v) is 13.8. The van der Waals surface area contributed by atoms with Crippen LogP contribution < -0.4 is 0 Å². The predicted octanol–water partition coefficient (Wildman–Crippen LogP) is 5.86. The molecule has 18 heavy (non-hydrogen) atoms. The summed E-state index contributed by atoms with van der Waals surface area (Å²) in [6.45, 7) is 6.56. The molecule has 0 amide bonds. The molecule has 1 heteroatoms. The van der Waals surface area contributed by atoms with Gasteiger partial charge in [0.25, 0.3) is 0 Å². The van der Waals surface area contributed by atoms with Gasteiger partial charge in [-0.05, 0) is 51.2 Å². The standard InChI is InChI=1S/C17H23I/c1-14(2)5-4-6-15(3)7-8-16-9-11-17(13-18)12-10-16/h5,7,9-12H,4,6,8,13H2,1-3H3/b15-7+. The molecule has 1 rings (SSSR count). The molecule has 1 aromatic carbocycles. The number of hydrogen-bond acceptors (Lipinski definition) is 0. The highest BCUT2D eigenvalue weighted by Gasteiger charge is 1.93. The van der Waals surface area contributed by atoms with Crippen molar-refractivity contribution in [2.24, 2.45) is 0 Å². The molecule has 0 heterocycles. The van der Waals surface area contributed by atoms with E-state index in [0.717, 1.165) is 10.8 Å². The maximum absolute atomic E-state index is 2.40. The third-order valence-electron chi connectivity index (χ3n) is 2.95. The summed E-state index contributed by atoms with van der Waals surface area (Å²) < 4.78 is 1.09. The Morgan fingerprint density at radius 3 is 2.17 bits per heavy atom. The van der Waals surface area contributed by atoms with E-state index in [1.165, 1.54) is 35.1 Å². The number of halogens is 1. The highest BCUT2D eigenvalue weighted by Crippen LogP contribution is 2.12. The maximum Gasteiger partial charge on any atom is 0.0247 e. The van der Waals surface area contributed by atoms with E-state index in [0.29, 0.717) is 0 Å². The first-order valence-electron chi connectivity index (χ1n) is 6.54. The van der Waals surface area contributed by atoms with Gasteiger partial charge in [-0.25, -0.2) is 0 Å². The second kappa shape index (κ2) is 8.52. The van der Waals surface area contributed by atoms with Crippen molar-refractivity contribution in [1.82, 2.24) is 0 Å². The highest BCUT2D eigenvalue weighted by molar-refractivity contribution is 14.1. The topological polar surface area (TPSA) is 0 Å². The minimum atomic E-state index is 1.06. The summed E-state index contributed by atoms with van der Waals surface area (Å²) in [5.74, 6) is 0. The molecule has 0 radical (unpaired) electrons. The summed E-state index contributed by atoms with van der Waals surface area (Å²) in [7, 11) is 0. The van der Waals surface area contributed by atoms with Crippen LogP contribution in [0.3, 0.4) is 0 Å². The van der Waals surface area contributed by atoms with E-state index >= 15 is 0 Å². The molecule has 0 spiro atoms. The molecule has 0 saturated carbocycles. The van der Waals surface area contributed by atoms with Crippen LogP contribution in [0.5, 0.6) is 0 Å². The molecule has 0 saturated heterocycles. The van der Waals surface area contributed by atoms with Gasteiger partial charge >= 0.3 is 0 Å². The number of alkyl halides is 1. The second-order valence-electron chi connectivity index (χ2n) is 5.02. The van der Waals surface area contributed by atoms with Crippen LogP contribution in [-0.4, -0.2) is 0 Å². The minimum Gasteiger partial charge on any atom is -0.0856 e. The van der Waals surface area contributed by atoms with Crippen molar-refractivity contribution in [1.29, 1.82) is 0 Å². The van der Waals surface area contributed by atoms with Crippen molar-refractivity contribution in [2.45, 2.75) is 44.5 Å². The zero-order chi connectivity index (χ0) is 13.4. The fourth-order valence-electron chi connectivity index (χ4n) is 1.75. The van der Waals surface area contributed by atoms with Gasteiger partial charge in [-0.3, -0.25) is 0 Å². The summed E-state index contributed by atoms with van der Waals surface area (Å²) in [6, 6.07) is 8.95. The second-order valence-corrected chi connectivity index (χ2v) is 5.79. The van der Waals surface area contributed by atoms with E-state index in [9.17, 15) is 0 Å². The largest absolute Gasteiger partial charge is 0.0856 e. The van der Waals surface area contributed by atoms with E-state index in [-0.39, 0.29) is 0 Å². The first-order valence-corrected chi connectivity index (χ1v) is 8.07. The van der Waals surface area contributed by atoms with E-state index in [1.807, 2.05) is 0 Å². The van der Waals surface area contributed by atoms with Gasteiger partial charge in [-0.2, -0.15) is 0 Å². The van der Waals surface area contributed by atoms with Gasteiger partial charge in [0.15, 0.2) is 0 Å². The summed E-state index contributed by atoms with van der Waals surface area (Å²) in [4.78, 5) is 0. The van der Waals surface area contributed by atoms with Gasteiger partial charge < -0.3 is 0 Å². The van der Waals surface area contributed by atoms with Crippen LogP contribution >= 0.6 is 22.6 Å². The SMILES string of the molecule is CC(C)=CCC/C(C)=C/Cc1ccc(CI)cc1. The Balaban J connectivity index is 2.44. The average molecular weight is 354 g/mol. The van der Waals surface area contributed by atoms with Crippen LogP contribution in [0.15, 0.2) is 47.6 Å². The van der Waals surface area contributed by atoms with Crippen molar-refractivity contribution in [3.05, 3.63) is 58.7 Å². The smallest absolute Gasteiger partial charge is 0.0247 e. The molecule has 0 N–H and O–H groups in total. The van der Waals surface area contributed by atoms with Gasteiger partial charge in [0.1, 0.15) is 0 Å². The predicted molar refractivity (Wildman–Crippen MR) is 90.3 cm³/mol. The van der Waals surface area contributed by atoms with Crippen LogP contribution in [0, 0.1) is 0 Å². The summed E-state index contributed by atoms with van der Waals surface area (Å²) in [5, 5.41) is 0. The lowest BCUT2D eigenvalue weighted by Crippen LogP contribution is -1.85. The Kier molecular flexibility index (Phi) is 7.33. The van der Waals surface area contributed by atoms with E-state index in [4.69, 9.17) is 0 Å². The lowest BCUT2D eigenvalue weighted by atomic mass is 10.1. The highest BCUT2D eigenvalue weighted by atomic mass is 127. The van der Waals surface area contributed by atoms with Gasteiger partial charge in [-0.1, -0.05) is 70.2 Å². The average Bonchev–Trinajstić information content (AvgIpc) is 2.36. The third-order valence-corrected chi connectivity index (χ3v) is 3.84. The Labute approximate surface area is 125 Å².